The molecule has 0 N–H and O–H groups in total. The van der Waals surface area contributed by atoms with Crippen molar-refractivity contribution in [2.24, 2.45) is 0 Å². The van der Waals surface area contributed by atoms with Crippen LogP contribution >= 0.6 is 11.8 Å². The number of likely N-dealkylation sites (tertiary alicyclic amines) is 1. The van der Waals surface area contributed by atoms with Crippen molar-refractivity contribution < 1.29 is 9.59 Å². The Morgan fingerprint density at radius 2 is 1.56 bits per heavy atom. The molecule has 27 heavy (non-hydrogen) atoms. The van der Waals surface area contributed by atoms with Crippen LogP contribution in [0.15, 0.2) is 18.5 Å². The van der Waals surface area contributed by atoms with E-state index in [1.807, 2.05) is 6.07 Å². The summed E-state index contributed by atoms with van der Waals surface area (Å²) < 4.78 is 0. The summed E-state index contributed by atoms with van der Waals surface area (Å²) in [6.07, 6.45) is 8.34. The zero-order chi connectivity index (χ0) is 18.6. The third kappa shape index (κ3) is 4.27. The smallest absolute Gasteiger partial charge is 0.242 e. The monoisotopic (exact) mass is 389 g/mol. The summed E-state index contributed by atoms with van der Waals surface area (Å²) in [6, 6.07) is 1.84. The number of thioether (sulfide) groups is 1. The summed E-state index contributed by atoms with van der Waals surface area (Å²) >= 11 is 1.59. The fourth-order valence-electron chi connectivity index (χ4n) is 4.09. The van der Waals surface area contributed by atoms with E-state index in [4.69, 9.17) is 0 Å². The third-order valence-corrected chi connectivity index (χ3v) is 7.19. The maximum atomic E-state index is 12.5. The molecule has 2 bridgehead atoms. The largest absolute Gasteiger partial charge is 0.338 e. The molecule has 0 aliphatic carbocycles. The minimum absolute atomic E-state index is 0.0229. The summed E-state index contributed by atoms with van der Waals surface area (Å²) in [6.45, 7) is 5.48. The van der Waals surface area contributed by atoms with Gasteiger partial charge in [-0.3, -0.25) is 19.4 Å². The number of rotatable bonds is 6. The molecular formula is C19H27N5O2S. The molecule has 3 aliphatic heterocycles. The van der Waals surface area contributed by atoms with Crippen LogP contribution in [0.3, 0.4) is 0 Å². The summed E-state index contributed by atoms with van der Waals surface area (Å²) in [5, 5.41) is 0.0458. The van der Waals surface area contributed by atoms with Crippen LogP contribution in [0.1, 0.15) is 32.1 Å². The van der Waals surface area contributed by atoms with Crippen LogP contribution in [0, 0.1) is 0 Å². The van der Waals surface area contributed by atoms with Gasteiger partial charge in [-0.25, -0.2) is 9.97 Å². The van der Waals surface area contributed by atoms with Crippen LogP contribution in [0.5, 0.6) is 0 Å². The highest BCUT2D eigenvalue weighted by molar-refractivity contribution is 8.02. The van der Waals surface area contributed by atoms with Gasteiger partial charge in [-0.15, -0.1) is 11.8 Å². The number of carbonyl (C=O) groups is 2. The summed E-state index contributed by atoms with van der Waals surface area (Å²) in [5.74, 6) is 0.914. The molecule has 146 valence electrons. The van der Waals surface area contributed by atoms with Crippen molar-refractivity contribution in [2.45, 2.75) is 42.6 Å². The average molecular weight is 390 g/mol. The van der Waals surface area contributed by atoms with Crippen LogP contribution in [0.4, 0.5) is 5.95 Å². The SMILES string of the molecule is O=C1C2CCCC(S2)C(=O)N1CCCCN1CCN(c2ncccn2)CC1. The van der Waals surface area contributed by atoms with Crippen LogP contribution in [-0.2, 0) is 9.59 Å². The molecule has 4 heterocycles. The molecule has 3 aliphatic rings. The zero-order valence-corrected chi connectivity index (χ0v) is 16.4. The Morgan fingerprint density at radius 1 is 0.926 bits per heavy atom. The standard InChI is InChI=1S/C19H27N5O2S/c25-17-15-5-3-6-16(27-15)18(26)24(17)10-2-1-9-22-11-13-23(14-12-22)19-20-7-4-8-21-19/h4,7-8,15-16H,1-3,5-6,9-14H2. The van der Waals surface area contributed by atoms with Crippen molar-refractivity contribution in [1.82, 2.24) is 19.8 Å². The highest BCUT2D eigenvalue weighted by atomic mass is 32.2. The molecule has 3 saturated heterocycles. The Balaban J connectivity index is 1.18. The lowest BCUT2D eigenvalue weighted by Crippen LogP contribution is -2.53. The van der Waals surface area contributed by atoms with Gasteiger partial charge in [-0.05, 0) is 38.3 Å². The highest BCUT2D eigenvalue weighted by Crippen LogP contribution is 2.38. The van der Waals surface area contributed by atoms with E-state index >= 15 is 0 Å². The number of hydrogen-bond donors (Lipinski definition) is 0. The van der Waals surface area contributed by atoms with Gasteiger partial charge in [0, 0.05) is 45.1 Å². The molecule has 0 spiro atoms. The number of piperazine rings is 1. The molecule has 2 amide bonds. The summed E-state index contributed by atoms with van der Waals surface area (Å²) in [4.78, 5) is 39.8. The molecule has 2 atom stereocenters. The summed E-state index contributed by atoms with van der Waals surface area (Å²) in [5.41, 5.74) is 0. The lowest BCUT2D eigenvalue weighted by molar-refractivity contribution is -0.146. The maximum absolute atomic E-state index is 12.5. The Labute approximate surface area is 164 Å². The molecule has 1 aromatic heterocycles. The molecule has 3 fully saturated rings. The van der Waals surface area contributed by atoms with Crippen molar-refractivity contribution in [3.63, 3.8) is 0 Å². The normalized spacial score (nSPS) is 26.5. The van der Waals surface area contributed by atoms with E-state index in [1.165, 1.54) is 0 Å². The zero-order valence-electron chi connectivity index (χ0n) is 15.6. The number of carbonyl (C=O) groups excluding carboxylic acids is 2. The third-order valence-electron chi connectivity index (χ3n) is 5.66. The number of hydrogen-bond acceptors (Lipinski definition) is 7. The molecule has 1 aromatic rings. The van der Waals surface area contributed by atoms with Gasteiger partial charge in [0.25, 0.3) is 0 Å². The molecule has 0 radical (unpaired) electrons. The fraction of sp³-hybridized carbons (Fsp3) is 0.684. The van der Waals surface area contributed by atoms with Crippen LogP contribution in [-0.4, -0.2) is 81.4 Å². The first kappa shape index (κ1) is 18.7. The van der Waals surface area contributed by atoms with Gasteiger partial charge in [0.2, 0.25) is 17.8 Å². The van der Waals surface area contributed by atoms with Crippen LogP contribution in [0.25, 0.3) is 0 Å². The molecule has 8 heteroatoms. The van der Waals surface area contributed by atoms with Gasteiger partial charge >= 0.3 is 0 Å². The molecular weight excluding hydrogens is 362 g/mol. The second-order valence-electron chi connectivity index (χ2n) is 7.46. The second-order valence-corrected chi connectivity index (χ2v) is 8.87. The lowest BCUT2D eigenvalue weighted by atomic mass is 10.0. The first-order chi connectivity index (χ1) is 13.2. The van der Waals surface area contributed by atoms with Gasteiger partial charge < -0.3 is 4.90 Å². The Bertz CT molecular complexity index is 643. The van der Waals surface area contributed by atoms with Gasteiger partial charge in [0.15, 0.2) is 0 Å². The van der Waals surface area contributed by atoms with E-state index < -0.39 is 0 Å². The predicted octanol–water partition coefficient (Wildman–Crippen LogP) is 1.40. The topological polar surface area (TPSA) is 69.6 Å². The number of fused-ring (bicyclic) bond motifs is 2. The number of unbranched alkanes of at least 4 members (excludes halogenated alkanes) is 1. The summed E-state index contributed by atoms with van der Waals surface area (Å²) in [7, 11) is 0. The fourth-order valence-corrected chi connectivity index (χ4v) is 5.58. The number of aromatic nitrogens is 2. The average Bonchev–Trinajstić information content (AvgIpc) is 2.73. The van der Waals surface area contributed by atoms with E-state index in [0.29, 0.717) is 6.54 Å². The lowest BCUT2D eigenvalue weighted by Gasteiger charge is -2.38. The number of anilines is 1. The highest BCUT2D eigenvalue weighted by Gasteiger charge is 2.43. The minimum atomic E-state index is 0.0229. The van der Waals surface area contributed by atoms with Gasteiger partial charge in [0.1, 0.15) is 0 Å². The number of nitrogens with zero attached hydrogens (tertiary/aromatic N) is 5. The van der Waals surface area contributed by atoms with Crippen molar-refractivity contribution in [2.75, 3.05) is 44.2 Å². The van der Waals surface area contributed by atoms with Crippen LogP contribution in [0.2, 0.25) is 0 Å². The van der Waals surface area contributed by atoms with Gasteiger partial charge in [-0.1, -0.05) is 6.42 Å². The predicted molar refractivity (Wildman–Crippen MR) is 106 cm³/mol. The van der Waals surface area contributed by atoms with Crippen molar-refractivity contribution in [1.29, 1.82) is 0 Å². The van der Waals surface area contributed by atoms with E-state index in [-0.39, 0.29) is 22.3 Å². The second kappa shape index (κ2) is 8.56. The minimum Gasteiger partial charge on any atom is -0.338 e. The molecule has 7 nitrogen and oxygen atoms in total. The molecule has 0 saturated carbocycles. The number of imide groups is 1. The van der Waals surface area contributed by atoms with Crippen LogP contribution < -0.4 is 4.90 Å². The van der Waals surface area contributed by atoms with Crippen molar-refractivity contribution in [3.05, 3.63) is 18.5 Å². The maximum Gasteiger partial charge on any atom is 0.242 e. The Kier molecular flexibility index (Phi) is 5.92. The molecule has 0 aromatic carbocycles. The van der Waals surface area contributed by atoms with Crippen molar-refractivity contribution in [3.8, 4) is 0 Å². The molecule has 4 rings (SSSR count). The van der Waals surface area contributed by atoms with Gasteiger partial charge in [0.05, 0.1) is 10.5 Å². The van der Waals surface area contributed by atoms with E-state index in [1.54, 1.807) is 29.1 Å². The number of amides is 2. The van der Waals surface area contributed by atoms with Gasteiger partial charge in [-0.2, -0.15) is 0 Å². The Morgan fingerprint density at radius 3 is 2.22 bits per heavy atom. The first-order valence-corrected chi connectivity index (χ1v) is 10.9. The van der Waals surface area contributed by atoms with Crippen molar-refractivity contribution >= 4 is 29.5 Å². The molecule has 2 unspecified atom stereocenters. The van der Waals surface area contributed by atoms with E-state index in [9.17, 15) is 9.59 Å². The van der Waals surface area contributed by atoms with E-state index in [0.717, 1.165) is 70.8 Å². The quantitative estimate of drug-likeness (QED) is 0.538. The van der Waals surface area contributed by atoms with E-state index in [2.05, 4.69) is 19.8 Å². The first-order valence-electron chi connectivity index (χ1n) is 9.97. The Hall–Kier alpha value is -1.67.